The van der Waals surface area contributed by atoms with Crippen LogP contribution in [0.5, 0.6) is 0 Å². The summed E-state index contributed by atoms with van der Waals surface area (Å²) in [6.45, 7) is 4.19. The molecule has 0 bridgehead atoms. The molecule has 0 aliphatic carbocycles. The lowest BCUT2D eigenvalue weighted by Crippen LogP contribution is -2.25. The van der Waals surface area contributed by atoms with Gasteiger partial charge in [-0.05, 0) is 19.1 Å². The monoisotopic (exact) mass is 234 g/mol. The number of nitrogens with zero attached hydrogens (tertiary/aromatic N) is 1. The fraction of sp³-hybridized carbons (Fsp3) is 0.333. The fourth-order valence-corrected chi connectivity index (χ4v) is 1.59. The third-order valence-corrected chi connectivity index (χ3v) is 2.38. The second kappa shape index (κ2) is 4.86. The Kier molecular flexibility index (Phi) is 3.27. The van der Waals surface area contributed by atoms with E-state index in [2.05, 4.69) is 10.3 Å². The minimum atomic E-state index is -0.219. The Morgan fingerprint density at radius 2 is 2.29 bits per heavy atom. The van der Waals surface area contributed by atoms with Crippen molar-refractivity contribution in [2.24, 2.45) is 0 Å². The lowest BCUT2D eigenvalue weighted by Gasteiger charge is -2.01. The van der Waals surface area contributed by atoms with E-state index in [-0.39, 0.29) is 5.91 Å². The van der Waals surface area contributed by atoms with E-state index in [1.165, 1.54) is 6.26 Å². The average Bonchev–Trinajstić information content (AvgIpc) is 2.89. The number of amides is 1. The first-order valence-electron chi connectivity index (χ1n) is 5.41. The molecule has 0 saturated heterocycles. The molecule has 0 unspecified atom stereocenters. The summed E-state index contributed by atoms with van der Waals surface area (Å²) in [5, 5.41) is 2.75. The van der Waals surface area contributed by atoms with E-state index in [0.717, 1.165) is 11.5 Å². The molecule has 2 rings (SSSR count). The normalized spacial score (nSPS) is 10.5. The average molecular weight is 234 g/mol. The zero-order chi connectivity index (χ0) is 12.3. The van der Waals surface area contributed by atoms with Gasteiger partial charge in [0.05, 0.1) is 12.0 Å². The van der Waals surface area contributed by atoms with E-state index in [1.807, 2.05) is 6.92 Å². The second-order valence-corrected chi connectivity index (χ2v) is 3.72. The first kappa shape index (κ1) is 11.4. The molecule has 0 fully saturated rings. The third-order valence-electron chi connectivity index (χ3n) is 2.38. The van der Waals surface area contributed by atoms with Gasteiger partial charge in [0.15, 0.2) is 11.7 Å². The Labute approximate surface area is 98.8 Å². The van der Waals surface area contributed by atoms with Crippen molar-refractivity contribution in [3.63, 3.8) is 0 Å². The van der Waals surface area contributed by atoms with Crippen LogP contribution in [0.2, 0.25) is 0 Å². The topological polar surface area (TPSA) is 68.3 Å². The van der Waals surface area contributed by atoms with Gasteiger partial charge in [-0.1, -0.05) is 0 Å². The Morgan fingerprint density at radius 1 is 1.47 bits per heavy atom. The van der Waals surface area contributed by atoms with Crippen LogP contribution in [0, 0.1) is 13.8 Å². The number of carbonyl (C=O) groups is 1. The minimum absolute atomic E-state index is 0.219. The Balaban J connectivity index is 1.84. The zero-order valence-corrected chi connectivity index (χ0v) is 9.82. The Morgan fingerprint density at radius 3 is 2.88 bits per heavy atom. The Hall–Kier alpha value is -2.04. The maximum absolute atomic E-state index is 11.5. The number of nitrogens with one attached hydrogen (secondary N) is 1. The predicted molar refractivity (Wildman–Crippen MR) is 60.7 cm³/mol. The maximum Gasteiger partial charge on any atom is 0.286 e. The quantitative estimate of drug-likeness (QED) is 0.876. The summed E-state index contributed by atoms with van der Waals surface area (Å²) in [4.78, 5) is 15.7. The van der Waals surface area contributed by atoms with Gasteiger partial charge in [0, 0.05) is 19.9 Å². The summed E-state index contributed by atoms with van der Waals surface area (Å²) in [5.41, 5.74) is 0.870. The number of aromatic nitrogens is 1. The maximum atomic E-state index is 11.5. The highest BCUT2D eigenvalue weighted by Gasteiger charge is 2.09. The number of carbonyl (C=O) groups excluding carboxylic acids is 1. The third kappa shape index (κ3) is 2.75. The van der Waals surface area contributed by atoms with E-state index in [4.69, 9.17) is 8.83 Å². The molecule has 2 heterocycles. The van der Waals surface area contributed by atoms with E-state index >= 15 is 0 Å². The summed E-state index contributed by atoms with van der Waals surface area (Å²) in [5.74, 6) is 1.55. The summed E-state index contributed by atoms with van der Waals surface area (Å²) in [6, 6.07) is 3.30. The number of hydrogen-bond donors (Lipinski definition) is 1. The van der Waals surface area contributed by atoms with Gasteiger partial charge < -0.3 is 14.2 Å². The van der Waals surface area contributed by atoms with Gasteiger partial charge in [0.1, 0.15) is 5.76 Å². The van der Waals surface area contributed by atoms with E-state index in [0.29, 0.717) is 24.6 Å². The second-order valence-electron chi connectivity index (χ2n) is 3.72. The molecule has 0 atom stereocenters. The molecule has 2 aromatic rings. The summed E-state index contributed by atoms with van der Waals surface area (Å²) < 4.78 is 10.4. The van der Waals surface area contributed by atoms with Gasteiger partial charge in [-0.15, -0.1) is 0 Å². The van der Waals surface area contributed by atoms with Crippen molar-refractivity contribution in [3.8, 4) is 0 Å². The number of oxazole rings is 1. The summed E-state index contributed by atoms with van der Waals surface area (Å²) >= 11 is 0. The molecule has 5 nitrogen and oxygen atoms in total. The van der Waals surface area contributed by atoms with Crippen LogP contribution < -0.4 is 5.32 Å². The van der Waals surface area contributed by atoms with Gasteiger partial charge in [0.2, 0.25) is 0 Å². The van der Waals surface area contributed by atoms with Crippen molar-refractivity contribution in [1.82, 2.24) is 10.3 Å². The van der Waals surface area contributed by atoms with E-state index in [1.54, 1.807) is 19.1 Å². The molecular formula is C12H14N2O3. The van der Waals surface area contributed by atoms with E-state index in [9.17, 15) is 4.79 Å². The van der Waals surface area contributed by atoms with Crippen molar-refractivity contribution in [3.05, 3.63) is 41.5 Å². The highest BCUT2D eigenvalue weighted by molar-refractivity contribution is 5.91. The standard InChI is InChI=1S/C12H14N2O3/c1-8-10(17-9(2)14-8)5-6-13-12(15)11-4-3-7-16-11/h3-4,7H,5-6H2,1-2H3,(H,13,15). The van der Waals surface area contributed by atoms with Gasteiger partial charge in [-0.25, -0.2) is 4.98 Å². The molecule has 17 heavy (non-hydrogen) atoms. The molecule has 1 amide bonds. The first-order valence-corrected chi connectivity index (χ1v) is 5.41. The molecule has 90 valence electrons. The van der Waals surface area contributed by atoms with Gasteiger partial charge in [-0.2, -0.15) is 0 Å². The molecule has 1 N–H and O–H groups in total. The van der Waals surface area contributed by atoms with Crippen LogP contribution in [0.3, 0.4) is 0 Å². The lowest BCUT2D eigenvalue weighted by molar-refractivity contribution is 0.0926. The predicted octanol–water partition coefficient (Wildman–Crippen LogP) is 1.86. The number of hydrogen-bond acceptors (Lipinski definition) is 4. The highest BCUT2D eigenvalue weighted by Crippen LogP contribution is 2.09. The fourth-order valence-electron chi connectivity index (χ4n) is 1.59. The van der Waals surface area contributed by atoms with Crippen LogP contribution in [-0.2, 0) is 6.42 Å². The van der Waals surface area contributed by atoms with Crippen LogP contribution in [0.25, 0.3) is 0 Å². The molecular weight excluding hydrogens is 220 g/mol. The Bertz CT molecular complexity index is 500. The SMILES string of the molecule is Cc1nc(C)c(CCNC(=O)c2ccco2)o1. The van der Waals surface area contributed by atoms with Gasteiger partial charge in [0.25, 0.3) is 5.91 Å². The van der Waals surface area contributed by atoms with Crippen LogP contribution in [-0.4, -0.2) is 17.4 Å². The lowest BCUT2D eigenvalue weighted by atomic mass is 10.3. The molecule has 0 aliphatic heterocycles. The van der Waals surface area contributed by atoms with Gasteiger partial charge >= 0.3 is 0 Å². The largest absolute Gasteiger partial charge is 0.459 e. The van der Waals surface area contributed by atoms with Crippen molar-refractivity contribution in [2.75, 3.05) is 6.54 Å². The number of aryl methyl sites for hydroxylation is 2. The molecule has 2 aromatic heterocycles. The number of rotatable bonds is 4. The van der Waals surface area contributed by atoms with Crippen LogP contribution in [0.15, 0.2) is 27.2 Å². The molecule has 0 saturated carbocycles. The molecule has 0 radical (unpaired) electrons. The highest BCUT2D eigenvalue weighted by atomic mass is 16.4. The number of furan rings is 1. The molecule has 0 aromatic carbocycles. The summed E-state index contributed by atoms with van der Waals surface area (Å²) in [7, 11) is 0. The molecule has 0 aliphatic rings. The van der Waals surface area contributed by atoms with Crippen molar-refractivity contribution >= 4 is 5.91 Å². The van der Waals surface area contributed by atoms with Crippen molar-refractivity contribution in [1.29, 1.82) is 0 Å². The first-order chi connectivity index (χ1) is 8.16. The van der Waals surface area contributed by atoms with Crippen molar-refractivity contribution < 1.29 is 13.6 Å². The van der Waals surface area contributed by atoms with Gasteiger partial charge in [-0.3, -0.25) is 4.79 Å². The van der Waals surface area contributed by atoms with Crippen LogP contribution in [0.4, 0.5) is 0 Å². The van der Waals surface area contributed by atoms with Crippen LogP contribution >= 0.6 is 0 Å². The minimum Gasteiger partial charge on any atom is -0.459 e. The van der Waals surface area contributed by atoms with Crippen molar-refractivity contribution in [2.45, 2.75) is 20.3 Å². The van der Waals surface area contributed by atoms with E-state index < -0.39 is 0 Å². The molecule has 5 heteroatoms. The zero-order valence-electron chi connectivity index (χ0n) is 9.82. The molecule has 0 spiro atoms. The summed E-state index contributed by atoms with van der Waals surface area (Å²) in [6.07, 6.45) is 2.10. The van der Waals surface area contributed by atoms with Crippen LogP contribution in [0.1, 0.15) is 27.9 Å². The smallest absolute Gasteiger partial charge is 0.286 e.